The molecule has 0 saturated heterocycles. The molecule has 1 fully saturated rings. The SMILES string of the molecule is O=C(O)c1ccc2nnc(C3CCCC3)n2c1. The van der Waals surface area contributed by atoms with Crippen LogP contribution in [0.15, 0.2) is 18.3 Å². The van der Waals surface area contributed by atoms with E-state index in [0.29, 0.717) is 5.92 Å². The van der Waals surface area contributed by atoms with E-state index in [4.69, 9.17) is 5.11 Å². The minimum absolute atomic E-state index is 0.275. The van der Waals surface area contributed by atoms with Gasteiger partial charge in [-0.2, -0.15) is 0 Å². The third-order valence-electron chi connectivity index (χ3n) is 3.40. The highest BCUT2D eigenvalue weighted by Crippen LogP contribution is 2.33. The van der Waals surface area contributed by atoms with Crippen LogP contribution in [-0.4, -0.2) is 25.7 Å². The number of fused-ring (bicyclic) bond motifs is 1. The summed E-state index contributed by atoms with van der Waals surface area (Å²) in [7, 11) is 0. The number of nitrogens with zero attached hydrogens (tertiary/aromatic N) is 3. The van der Waals surface area contributed by atoms with Crippen molar-refractivity contribution in [2.24, 2.45) is 0 Å². The van der Waals surface area contributed by atoms with Crippen LogP contribution in [0.5, 0.6) is 0 Å². The first-order valence-corrected chi connectivity index (χ1v) is 5.83. The van der Waals surface area contributed by atoms with Gasteiger partial charge >= 0.3 is 5.97 Å². The predicted molar refractivity (Wildman–Crippen MR) is 61.2 cm³/mol. The maximum atomic E-state index is 10.9. The van der Waals surface area contributed by atoms with Crippen molar-refractivity contribution in [3.63, 3.8) is 0 Å². The Bertz CT molecular complexity index is 570. The van der Waals surface area contributed by atoms with Crippen LogP contribution >= 0.6 is 0 Å². The number of pyridine rings is 1. The van der Waals surface area contributed by atoms with Gasteiger partial charge in [-0.15, -0.1) is 10.2 Å². The minimum Gasteiger partial charge on any atom is -0.478 e. The summed E-state index contributed by atoms with van der Waals surface area (Å²) in [6, 6.07) is 3.26. The molecule has 5 nitrogen and oxygen atoms in total. The first-order chi connectivity index (χ1) is 8.25. The van der Waals surface area contributed by atoms with E-state index in [2.05, 4.69) is 10.2 Å². The van der Waals surface area contributed by atoms with Crippen LogP contribution in [0, 0.1) is 0 Å². The van der Waals surface area contributed by atoms with Crippen LogP contribution in [0.2, 0.25) is 0 Å². The van der Waals surface area contributed by atoms with Gasteiger partial charge in [0.25, 0.3) is 0 Å². The maximum Gasteiger partial charge on any atom is 0.337 e. The molecule has 1 aliphatic rings. The van der Waals surface area contributed by atoms with E-state index in [1.54, 1.807) is 18.3 Å². The zero-order valence-electron chi connectivity index (χ0n) is 9.33. The monoisotopic (exact) mass is 231 g/mol. The second kappa shape index (κ2) is 3.84. The molecule has 2 aromatic rings. The third kappa shape index (κ3) is 1.67. The zero-order valence-corrected chi connectivity index (χ0v) is 9.33. The summed E-state index contributed by atoms with van der Waals surface area (Å²) in [5.41, 5.74) is 0.994. The molecule has 0 aliphatic heterocycles. The fourth-order valence-corrected chi connectivity index (χ4v) is 2.50. The van der Waals surface area contributed by atoms with Gasteiger partial charge in [0, 0.05) is 12.1 Å². The molecule has 2 aromatic heterocycles. The average molecular weight is 231 g/mol. The van der Waals surface area contributed by atoms with Gasteiger partial charge in [0.2, 0.25) is 0 Å². The highest BCUT2D eigenvalue weighted by Gasteiger charge is 2.22. The van der Waals surface area contributed by atoms with Gasteiger partial charge in [0.05, 0.1) is 5.56 Å². The molecule has 0 radical (unpaired) electrons. The lowest BCUT2D eigenvalue weighted by Gasteiger charge is -2.06. The molecule has 1 aliphatic carbocycles. The van der Waals surface area contributed by atoms with Crippen molar-refractivity contribution < 1.29 is 9.90 Å². The molecule has 0 aromatic carbocycles. The Morgan fingerprint density at radius 3 is 2.76 bits per heavy atom. The standard InChI is InChI=1S/C12H13N3O2/c16-12(17)9-5-6-10-13-14-11(15(10)7-9)8-3-1-2-4-8/h5-8H,1-4H2,(H,16,17). The summed E-state index contributed by atoms with van der Waals surface area (Å²) in [5, 5.41) is 17.3. The number of aromatic nitrogens is 3. The Labute approximate surface area is 98.1 Å². The largest absolute Gasteiger partial charge is 0.478 e. The normalized spacial score (nSPS) is 16.7. The van der Waals surface area contributed by atoms with Gasteiger partial charge < -0.3 is 5.11 Å². The van der Waals surface area contributed by atoms with Crippen LogP contribution in [0.25, 0.3) is 5.65 Å². The van der Waals surface area contributed by atoms with Crippen molar-refractivity contribution in [2.45, 2.75) is 31.6 Å². The summed E-state index contributed by atoms with van der Waals surface area (Å²) >= 11 is 0. The molecule has 0 spiro atoms. The number of hydrogen-bond acceptors (Lipinski definition) is 3. The molecule has 0 bridgehead atoms. The minimum atomic E-state index is -0.919. The number of hydrogen-bond donors (Lipinski definition) is 1. The lowest BCUT2D eigenvalue weighted by atomic mass is 10.1. The Balaban J connectivity index is 2.11. The zero-order chi connectivity index (χ0) is 11.8. The smallest absolute Gasteiger partial charge is 0.337 e. The Hall–Kier alpha value is -1.91. The lowest BCUT2D eigenvalue weighted by Crippen LogP contribution is -2.03. The van der Waals surface area contributed by atoms with E-state index in [1.807, 2.05) is 4.40 Å². The summed E-state index contributed by atoms with van der Waals surface area (Å²) < 4.78 is 1.82. The van der Waals surface area contributed by atoms with Crippen molar-refractivity contribution in [1.82, 2.24) is 14.6 Å². The molecule has 0 unspecified atom stereocenters. The number of carboxylic acid groups (broad SMARTS) is 1. The molecular weight excluding hydrogens is 218 g/mol. The molecular formula is C12H13N3O2. The van der Waals surface area contributed by atoms with Crippen molar-refractivity contribution >= 4 is 11.6 Å². The first-order valence-electron chi connectivity index (χ1n) is 5.83. The van der Waals surface area contributed by atoms with Crippen molar-refractivity contribution in [3.05, 3.63) is 29.7 Å². The van der Waals surface area contributed by atoms with Gasteiger partial charge in [-0.25, -0.2) is 4.79 Å². The van der Waals surface area contributed by atoms with E-state index < -0.39 is 5.97 Å². The Morgan fingerprint density at radius 2 is 2.06 bits per heavy atom. The lowest BCUT2D eigenvalue weighted by molar-refractivity contribution is 0.0696. The van der Waals surface area contributed by atoms with Crippen LogP contribution in [0.3, 0.4) is 0 Å². The first kappa shape index (κ1) is 10.3. The van der Waals surface area contributed by atoms with Crippen LogP contribution < -0.4 is 0 Å². The molecule has 0 amide bonds. The van der Waals surface area contributed by atoms with E-state index in [-0.39, 0.29) is 5.56 Å². The highest BCUT2D eigenvalue weighted by molar-refractivity contribution is 5.87. The molecule has 2 heterocycles. The summed E-state index contributed by atoms with van der Waals surface area (Å²) in [6.07, 6.45) is 6.30. The predicted octanol–water partition coefficient (Wildman–Crippen LogP) is 2.09. The average Bonchev–Trinajstić information content (AvgIpc) is 2.96. The topological polar surface area (TPSA) is 67.5 Å². The summed E-state index contributed by atoms with van der Waals surface area (Å²) in [5.74, 6) is 0.410. The third-order valence-corrected chi connectivity index (χ3v) is 3.40. The van der Waals surface area contributed by atoms with Gasteiger partial charge in [0.1, 0.15) is 5.82 Å². The van der Waals surface area contributed by atoms with Crippen molar-refractivity contribution in [1.29, 1.82) is 0 Å². The van der Waals surface area contributed by atoms with Crippen LogP contribution in [-0.2, 0) is 0 Å². The highest BCUT2D eigenvalue weighted by atomic mass is 16.4. The second-order valence-electron chi connectivity index (χ2n) is 4.49. The molecule has 1 N–H and O–H groups in total. The number of carbonyl (C=O) groups is 1. The van der Waals surface area contributed by atoms with Crippen LogP contribution in [0.1, 0.15) is 47.8 Å². The van der Waals surface area contributed by atoms with E-state index in [0.717, 1.165) is 24.3 Å². The molecule has 0 atom stereocenters. The van der Waals surface area contributed by atoms with Gasteiger partial charge in [-0.1, -0.05) is 12.8 Å². The molecule has 88 valence electrons. The van der Waals surface area contributed by atoms with Crippen molar-refractivity contribution in [3.8, 4) is 0 Å². The van der Waals surface area contributed by atoms with E-state index >= 15 is 0 Å². The summed E-state index contributed by atoms with van der Waals surface area (Å²) in [4.78, 5) is 10.9. The Morgan fingerprint density at radius 1 is 1.29 bits per heavy atom. The molecule has 3 rings (SSSR count). The quantitative estimate of drug-likeness (QED) is 0.859. The summed E-state index contributed by atoms with van der Waals surface area (Å²) in [6.45, 7) is 0. The number of rotatable bonds is 2. The fourth-order valence-electron chi connectivity index (χ4n) is 2.50. The van der Waals surface area contributed by atoms with Crippen molar-refractivity contribution in [2.75, 3.05) is 0 Å². The molecule has 1 saturated carbocycles. The van der Waals surface area contributed by atoms with Gasteiger partial charge in [-0.05, 0) is 25.0 Å². The molecule has 17 heavy (non-hydrogen) atoms. The maximum absolute atomic E-state index is 10.9. The Kier molecular flexibility index (Phi) is 2.31. The van der Waals surface area contributed by atoms with Gasteiger partial charge in [0.15, 0.2) is 5.65 Å². The van der Waals surface area contributed by atoms with E-state index in [1.165, 1.54) is 12.8 Å². The van der Waals surface area contributed by atoms with E-state index in [9.17, 15) is 4.79 Å². The number of aromatic carboxylic acids is 1. The number of carboxylic acids is 1. The van der Waals surface area contributed by atoms with Gasteiger partial charge in [-0.3, -0.25) is 4.40 Å². The fraction of sp³-hybridized carbons (Fsp3) is 0.417. The molecule has 5 heteroatoms. The second-order valence-corrected chi connectivity index (χ2v) is 4.49. The van der Waals surface area contributed by atoms with Crippen LogP contribution in [0.4, 0.5) is 0 Å².